The van der Waals surface area contributed by atoms with Crippen molar-refractivity contribution in [3.8, 4) is 5.75 Å². The van der Waals surface area contributed by atoms with E-state index in [4.69, 9.17) is 9.47 Å². The van der Waals surface area contributed by atoms with E-state index in [1.165, 1.54) is 6.92 Å². The summed E-state index contributed by atoms with van der Waals surface area (Å²) in [5.41, 5.74) is -3.88. The molecule has 3 heterocycles. The summed E-state index contributed by atoms with van der Waals surface area (Å²) in [6.45, 7) is 2.46. The molecule has 36 heavy (non-hydrogen) atoms. The first-order valence-electron chi connectivity index (χ1n) is 10.7. The van der Waals surface area contributed by atoms with Crippen LogP contribution in [-0.2, 0) is 21.9 Å². The number of aromatic amines is 1. The van der Waals surface area contributed by atoms with E-state index in [9.17, 15) is 35.9 Å². The maximum atomic E-state index is 13.0. The lowest BCUT2D eigenvalue weighted by Crippen LogP contribution is -2.49. The summed E-state index contributed by atoms with van der Waals surface area (Å²) in [6.07, 6.45) is -7.98. The summed E-state index contributed by atoms with van der Waals surface area (Å²) in [5.74, 6) is -0.821. The highest BCUT2D eigenvalue weighted by molar-refractivity contribution is 5.76. The van der Waals surface area contributed by atoms with E-state index in [1.54, 1.807) is 14.9 Å². The van der Waals surface area contributed by atoms with Crippen molar-refractivity contribution >= 4 is 11.9 Å². The van der Waals surface area contributed by atoms with Crippen LogP contribution >= 0.6 is 0 Å². The molecule has 10 nitrogen and oxygen atoms in total. The zero-order valence-corrected chi connectivity index (χ0v) is 18.9. The fraction of sp³-hybridized carbons (Fsp3) is 0.550. The fourth-order valence-electron chi connectivity index (χ4n) is 3.31. The number of aromatic nitrogens is 4. The second-order valence-electron chi connectivity index (χ2n) is 7.82. The van der Waals surface area contributed by atoms with Crippen molar-refractivity contribution in [3.05, 3.63) is 40.1 Å². The largest absolute Gasteiger partial charge is 0.488 e. The van der Waals surface area contributed by atoms with Gasteiger partial charge >= 0.3 is 12.4 Å². The minimum atomic E-state index is -4.93. The van der Waals surface area contributed by atoms with Crippen LogP contribution in [0.15, 0.2) is 23.4 Å². The molecule has 198 valence electrons. The molecule has 0 radical (unpaired) electrons. The number of hydrogen-bond acceptors (Lipinski definition) is 8. The molecule has 0 aromatic carbocycles. The second-order valence-corrected chi connectivity index (χ2v) is 7.82. The lowest BCUT2D eigenvalue weighted by molar-refractivity contribution is -0.141. The van der Waals surface area contributed by atoms with E-state index >= 15 is 0 Å². The monoisotopic (exact) mass is 524 g/mol. The third kappa shape index (κ3) is 7.05. The standard InChI is InChI=1S/C20H22F6N6O4/c1-12(11-36-14-10-29-30-17(34)16(14)20(24,25)26)35-7-2-15(33)31-3-5-32(6-4-31)18-27-8-13(9-28-18)19(21,22)23/h8-10,12H,2-7,11H2,1H3,(H,30,34)/t12-/m0/s1. The first kappa shape index (κ1) is 27.2. The van der Waals surface area contributed by atoms with Gasteiger partial charge in [-0.1, -0.05) is 0 Å². The van der Waals surface area contributed by atoms with Gasteiger partial charge in [-0.25, -0.2) is 15.1 Å². The third-order valence-electron chi connectivity index (χ3n) is 5.18. The molecule has 3 rings (SSSR count). The molecule has 0 spiro atoms. The van der Waals surface area contributed by atoms with Gasteiger partial charge in [0.15, 0.2) is 11.3 Å². The number of piperazine rings is 1. The number of anilines is 1. The molecule has 1 amide bonds. The lowest BCUT2D eigenvalue weighted by atomic mass is 10.2. The molecule has 0 aliphatic carbocycles. The van der Waals surface area contributed by atoms with Crippen molar-refractivity contribution in [1.82, 2.24) is 25.1 Å². The number of nitrogens with zero attached hydrogens (tertiary/aromatic N) is 5. The molecule has 16 heteroatoms. The van der Waals surface area contributed by atoms with E-state index in [-0.39, 0.29) is 31.5 Å². The van der Waals surface area contributed by atoms with Gasteiger partial charge in [0.2, 0.25) is 11.9 Å². The van der Waals surface area contributed by atoms with Crippen LogP contribution in [0.25, 0.3) is 0 Å². The van der Waals surface area contributed by atoms with Gasteiger partial charge in [0, 0.05) is 38.6 Å². The Balaban J connectivity index is 1.40. The van der Waals surface area contributed by atoms with E-state index in [1.807, 2.05) is 0 Å². The number of carbonyl (C=O) groups is 1. The Hall–Kier alpha value is -3.43. The van der Waals surface area contributed by atoms with E-state index in [2.05, 4.69) is 15.1 Å². The second kappa shape index (κ2) is 11.1. The molecule has 0 bridgehead atoms. The third-order valence-corrected chi connectivity index (χ3v) is 5.18. The zero-order chi connectivity index (χ0) is 26.5. The predicted octanol–water partition coefficient (Wildman–Crippen LogP) is 2.12. The summed E-state index contributed by atoms with van der Waals surface area (Å²) in [5, 5.41) is 5.00. The van der Waals surface area contributed by atoms with Gasteiger partial charge in [-0.15, -0.1) is 0 Å². The number of carbonyl (C=O) groups excluding carboxylic acids is 1. The normalized spacial score (nSPS) is 15.6. The smallest absolute Gasteiger partial charge is 0.425 e. The summed E-state index contributed by atoms with van der Waals surface area (Å²) in [7, 11) is 0. The van der Waals surface area contributed by atoms with Crippen LogP contribution < -0.4 is 15.2 Å². The number of rotatable bonds is 8. The number of nitrogens with one attached hydrogen (secondary N) is 1. The summed E-state index contributed by atoms with van der Waals surface area (Å²) >= 11 is 0. The molecule has 2 aromatic rings. The van der Waals surface area contributed by atoms with E-state index in [0.29, 0.717) is 38.6 Å². The Morgan fingerprint density at radius 3 is 2.28 bits per heavy atom. The van der Waals surface area contributed by atoms with Gasteiger partial charge in [0.05, 0.1) is 30.9 Å². The Labute approximate surface area is 200 Å². The summed E-state index contributed by atoms with van der Waals surface area (Å²) in [4.78, 5) is 34.6. The van der Waals surface area contributed by atoms with Crippen molar-refractivity contribution in [1.29, 1.82) is 0 Å². The number of alkyl halides is 6. The first-order valence-corrected chi connectivity index (χ1v) is 10.7. The van der Waals surface area contributed by atoms with Crippen LogP contribution in [0.3, 0.4) is 0 Å². The van der Waals surface area contributed by atoms with Crippen molar-refractivity contribution in [3.63, 3.8) is 0 Å². The molecule has 0 unspecified atom stereocenters. The van der Waals surface area contributed by atoms with Gasteiger partial charge in [-0.2, -0.15) is 31.4 Å². The van der Waals surface area contributed by atoms with Gasteiger partial charge in [0.1, 0.15) is 6.61 Å². The predicted molar refractivity (Wildman–Crippen MR) is 111 cm³/mol. The van der Waals surface area contributed by atoms with Gasteiger partial charge in [-0.3, -0.25) is 9.59 Å². The molecule has 1 aliphatic heterocycles. The Kier molecular flexibility index (Phi) is 8.37. The Bertz CT molecular complexity index is 1080. The molecule has 2 aromatic heterocycles. The number of halogens is 6. The Morgan fingerprint density at radius 1 is 1.06 bits per heavy atom. The van der Waals surface area contributed by atoms with Crippen LogP contribution in [-0.4, -0.2) is 76.5 Å². The van der Waals surface area contributed by atoms with Crippen molar-refractivity contribution in [2.75, 3.05) is 44.3 Å². The number of ether oxygens (including phenoxy) is 2. The maximum absolute atomic E-state index is 13.0. The topological polar surface area (TPSA) is 114 Å². The van der Waals surface area contributed by atoms with Crippen LogP contribution in [0, 0.1) is 0 Å². The maximum Gasteiger partial charge on any atom is 0.425 e. The highest BCUT2D eigenvalue weighted by Gasteiger charge is 2.38. The number of hydrogen-bond donors (Lipinski definition) is 1. The van der Waals surface area contributed by atoms with Crippen molar-refractivity contribution < 1.29 is 40.6 Å². The molecule has 1 atom stereocenters. The first-order chi connectivity index (χ1) is 16.9. The van der Waals surface area contributed by atoms with E-state index < -0.39 is 40.9 Å². The average Bonchev–Trinajstić information content (AvgIpc) is 2.81. The van der Waals surface area contributed by atoms with E-state index in [0.717, 1.165) is 6.20 Å². The fourth-order valence-corrected chi connectivity index (χ4v) is 3.31. The molecule has 0 saturated carbocycles. The van der Waals surface area contributed by atoms with Crippen molar-refractivity contribution in [2.45, 2.75) is 31.8 Å². The van der Waals surface area contributed by atoms with Crippen LogP contribution in [0.4, 0.5) is 32.3 Å². The van der Waals surface area contributed by atoms with Crippen LogP contribution in [0.2, 0.25) is 0 Å². The highest BCUT2D eigenvalue weighted by atomic mass is 19.4. The quantitative estimate of drug-likeness (QED) is 0.523. The lowest BCUT2D eigenvalue weighted by Gasteiger charge is -2.34. The van der Waals surface area contributed by atoms with Gasteiger partial charge in [-0.05, 0) is 6.92 Å². The van der Waals surface area contributed by atoms with Crippen LogP contribution in [0.5, 0.6) is 5.75 Å². The molecular formula is C20H22F6N6O4. The average molecular weight is 524 g/mol. The minimum absolute atomic E-state index is 0.00147. The molecule has 1 aliphatic rings. The molecular weight excluding hydrogens is 502 g/mol. The number of H-pyrrole nitrogens is 1. The van der Waals surface area contributed by atoms with Gasteiger partial charge in [0.25, 0.3) is 5.56 Å². The molecule has 1 saturated heterocycles. The SMILES string of the molecule is C[C@@H](COc1cn[nH]c(=O)c1C(F)(F)F)OCCC(=O)N1CCN(c2ncc(C(F)(F)F)cn2)CC1. The molecule has 1 N–H and O–H groups in total. The number of amides is 1. The zero-order valence-electron chi connectivity index (χ0n) is 18.9. The molecule has 1 fully saturated rings. The van der Waals surface area contributed by atoms with Crippen LogP contribution in [0.1, 0.15) is 24.5 Å². The van der Waals surface area contributed by atoms with Gasteiger partial charge < -0.3 is 19.3 Å². The highest BCUT2D eigenvalue weighted by Crippen LogP contribution is 2.32. The minimum Gasteiger partial charge on any atom is -0.488 e. The Morgan fingerprint density at radius 2 is 1.69 bits per heavy atom. The van der Waals surface area contributed by atoms with Crippen molar-refractivity contribution in [2.24, 2.45) is 0 Å². The summed E-state index contributed by atoms with van der Waals surface area (Å²) < 4.78 is 87.5. The summed E-state index contributed by atoms with van der Waals surface area (Å²) in [6, 6.07) is 0.